The van der Waals surface area contributed by atoms with E-state index < -0.39 is 0 Å². The summed E-state index contributed by atoms with van der Waals surface area (Å²) in [5.74, 6) is 0.929. The lowest BCUT2D eigenvalue weighted by Crippen LogP contribution is -2.56. The third-order valence-electron chi connectivity index (χ3n) is 6.91. The van der Waals surface area contributed by atoms with Gasteiger partial charge in [0.15, 0.2) is 0 Å². The summed E-state index contributed by atoms with van der Waals surface area (Å²) in [7, 11) is 3.27. The minimum atomic E-state index is -0.366. The molecule has 0 radical (unpaired) electrons. The molecule has 2 N–H and O–H groups in total. The molecule has 8 heteroatoms. The van der Waals surface area contributed by atoms with Gasteiger partial charge in [0.2, 0.25) is 17.7 Å². The number of carbonyl (C=O) groups excluding carboxylic acids is 3. The number of methoxy groups -OCH3 is 2. The predicted molar refractivity (Wildman–Crippen MR) is 115 cm³/mol. The quantitative estimate of drug-likeness (QED) is 0.714. The average Bonchev–Trinajstić information content (AvgIpc) is 3.15. The standard InChI is InChI=1S/C23H31N3O5/c1-30-13-15-9-21(27)25-20-11-16(3-8-19(15)20)24-23(29)14-10-22(28)26(12-14)17-4-6-18(31-2)7-5-17/h4-7,14-16,19-20H,3,8-13H2,1-2H3,(H,24,29)(H,25,27). The van der Waals surface area contributed by atoms with Gasteiger partial charge in [-0.05, 0) is 55.4 Å². The van der Waals surface area contributed by atoms with Crippen molar-refractivity contribution in [3.8, 4) is 5.75 Å². The Kier molecular flexibility index (Phi) is 6.46. The van der Waals surface area contributed by atoms with Gasteiger partial charge in [-0.1, -0.05) is 0 Å². The van der Waals surface area contributed by atoms with Crippen molar-refractivity contribution in [1.29, 1.82) is 0 Å². The highest BCUT2D eigenvalue weighted by Gasteiger charge is 2.42. The van der Waals surface area contributed by atoms with Crippen LogP contribution in [0, 0.1) is 17.8 Å². The number of hydrogen-bond donors (Lipinski definition) is 2. The van der Waals surface area contributed by atoms with E-state index in [-0.39, 0.29) is 48.1 Å². The summed E-state index contributed by atoms with van der Waals surface area (Å²) < 4.78 is 10.5. The van der Waals surface area contributed by atoms with Gasteiger partial charge in [-0.3, -0.25) is 14.4 Å². The zero-order valence-electron chi connectivity index (χ0n) is 18.1. The Balaban J connectivity index is 1.33. The molecule has 8 nitrogen and oxygen atoms in total. The minimum Gasteiger partial charge on any atom is -0.497 e. The average molecular weight is 430 g/mol. The van der Waals surface area contributed by atoms with Gasteiger partial charge in [-0.25, -0.2) is 0 Å². The fourth-order valence-electron chi connectivity index (χ4n) is 5.32. The van der Waals surface area contributed by atoms with Gasteiger partial charge in [0, 0.05) is 50.9 Å². The number of ether oxygens (including phenoxy) is 2. The van der Waals surface area contributed by atoms with E-state index >= 15 is 0 Å². The van der Waals surface area contributed by atoms with Crippen molar-refractivity contribution in [3.05, 3.63) is 24.3 Å². The Morgan fingerprint density at radius 3 is 2.65 bits per heavy atom. The van der Waals surface area contributed by atoms with Crippen LogP contribution in [0.3, 0.4) is 0 Å². The molecule has 2 aliphatic heterocycles. The van der Waals surface area contributed by atoms with Crippen LogP contribution < -0.4 is 20.3 Å². The van der Waals surface area contributed by atoms with Crippen LogP contribution >= 0.6 is 0 Å². The third-order valence-corrected chi connectivity index (χ3v) is 6.91. The summed E-state index contributed by atoms with van der Waals surface area (Å²) >= 11 is 0. The van der Waals surface area contributed by atoms with E-state index in [0.29, 0.717) is 25.5 Å². The molecule has 1 saturated carbocycles. The Bertz CT molecular complexity index is 827. The number of hydrogen-bond acceptors (Lipinski definition) is 5. The maximum absolute atomic E-state index is 12.9. The van der Waals surface area contributed by atoms with E-state index in [1.165, 1.54) is 0 Å². The van der Waals surface area contributed by atoms with Crippen LogP contribution in [0.2, 0.25) is 0 Å². The molecule has 1 aromatic rings. The zero-order chi connectivity index (χ0) is 22.0. The first-order valence-corrected chi connectivity index (χ1v) is 11.0. The highest BCUT2D eigenvalue weighted by Crippen LogP contribution is 2.36. The molecule has 0 aromatic heterocycles. The summed E-state index contributed by atoms with van der Waals surface area (Å²) in [5.41, 5.74) is 0.774. The lowest BCUT2D eigenvalue weighted by Gasteiger charge is -2.44. The number of piperidine rings is 1. The second-order valence-electron chi connectivity index (χ2n) is 8.88. The monoisotopic (exact) mass is 429 g/mol. The van der Waals surface area contributed by atoms with Crippen LogP contribution in [0.4, 0.5) is 5.69 Å². The number of anilines is 1. The number of nitrogens with one attached hydrogen (secondary N) is 2. The summed E-state index contributed by atoms with van der Waals surface area (Å²) in [6.07, 6.45) is 3.28. The molecule has 1 aromatic carbocycles. The Hall–Kier alpha value is -2.61. The second-order valence-corrected chi connectivity index (χ2v) is 8.88. The number of fused-ring (bicyclic) bond motifs is 1. The molecule has 0 spiro atoms. The lowest BCUT2D eigenvalue weighted by atomic mass is 9.71. The zero-order valence-corrected chi connectivity index (χ0v) is 18.1. The van der Waals surface area contributed by atoms with Crippen molar-refractivity contribution in [2.75, 3.05) is 32.3 Å². The van der Waals surface area contributed by atoms with Crippen molar-refractivity contribution in [3.63, 3.8) is 0 Å². The van der Waals surface area contributed by atoms with Crippen molar-refractivity contribution in [2.24, 2.45) is 17.8 Å². The first-order chi connectivity index (χ1) is 15.0. The van der Waals surface area contributed by atoms with E-state index in [0.717, 1.165) is 30.7 Å². The van der Waals surface area contributed by atoms with Crippen molar-refractivity contribution in [1.82, 2.24) is 10.6 Å². The van der Waals surface area contributed by atoms with Crippen LogP contribution in [0.15, 0.2) is 24.3 Å². The number of rotatable bonds is 6. The predicted octanol–water partition coefficient (Wildman–Crippen LogP) is 1.48. The van der Waals surface area contributed by atoms with Crippen LogP contribution in [0.25, 0.3) is 0 Å². The van der Waals surface area contributed by atoms with Crippen LogP contribution in [-0.2, 0) is 19.1 Å². The molecule has 3 amide bonds. The van der Waals surface area contributed by atoms with Gasteiger partial charge in [0.1, 0.15) is 5.75 Å². The molecule has 2 saturated heterocycles. The molecule has 3 aliphatic rings. The Morgan fingerprint density at radius 2 is 1.94 bits per heavy atom. The van der Waals surface area contributed by atoms with Gasteiger partial charge < -0.3 is 25.0 Å². The molecule has 31 heavy (non-hydrogen) atoms. The molecule has 5 unspecified atom stereocenters. The van der Waals surface area contributed by atoms with Gasteiger partial charge in [-0.2, -0.15) is 0 Å². The fraction of sp³-hybridized carbons (Fsp3) is 0.609. The number of nitrogens with zero attached hydrogens (tertiary/aromatic N) is 1. The normalized spacial score (nSPS) is 30.5. The van der Waals surface area contributed by atoms with Crippen molar-refractivity contribution in [2.45, 2.75) is 44.2 Å². The number of benzene rings is 1. The molecule has 2 heterocycles. The van der Waals surface area contributed by atoms with E-state index in [4.69, 9.17) is 9.47 Å². The van der Waals surface area contributed by atoms with Crippen LogP contribution in [0.1, 0.15) is 32.1 Å². The molecule has 0 bridgehead atoms. The van der Waals surface area contributed by atoms with E-state index in [9.17, 15) is 14.4 Å². The molecule has 5 atom stereocenters. The van der Waals surface area contributed by atoms with Gasteiger partial charge in [0.05, 0.1) is 13.0 Å². The van der Waals surface area contributed by atoms with E-state index in [2.05, 4.69) is 10.6 Å². The van der Waals surface area contributed by atoms with Crippen molar-refractivity contribution < 1.29 is 23.9 Å². The van der Waals surface area contributed by atoms with E-state index in [1.54, 1.807) is 19.1 Å². The highest BCUT2D eigenvalue weighted by atomic mass is 16.5. The van der Waals surface area contributed by atoms with Gasteiger partial charge in [0.25, 0.3) is 0 Å². The fourth-order valence-corrected chi connectivity index (χ4v) is 5.32. The Labute approximate surface area is 182 Å². The summed E-state index contributed by atoms with van der Waals surface area (Å²) in [5, 5.41) is 6.25. The molecule has 1 aliphatic carbocycles. The molecule has 168 valence electrons. The first kappa shape index (κ1) is 21.6. The van der Waals surface area contributed by atoms with Crippen LogP contribution in [0.5, 0.6) is 5.75 Å². The maximum atomic E-state index is 12.9. The molecule has 4 rings (SSSR count). The largest absolute Gasteiger partial charge is 0.497 e. The highest BCUT2D eigenvalue weighted by molar-refractivity contribution is 6.00. The SMILES string of the molecule is COCC1CC(=O)NC2CC(NC(=O)C3CC(=O)N(c4ccc(OC)cc4)C3)CCC12. The van der Waals surface area contributed by atoms with Crippen molar-refractivity contribution >= 4 is 23.4 Å². The molecular weight excluding hydrogens is 398 g/mol. The molecule has 3 fully saturated rings. The van der Waals surface area contributed by atoms with Gasteiger partial charge in [-0.15, -0.1) is 0 Å². The number of amides is 3. The number of carbonyl (C=O) groups is 3. The minimum absolute atomic E-state index is 0.0143. The Morgan fingerprint density at radius 1 is 1.16 bits per heavy atom. The smallest absolute Gasteiger partial charge is 0.227 e. The van der Waals surface area contributed by atoms with E-state index in [1.807, 2.05) is 24.3 Å². The maximum Gasteiger partial charge on any atom is 0.227 e. The third kappa shape index (κ3) is 4.69. The van der Waals surface area contributed by atoms with Crippen LogP contribution in [-0.4, -0.2) is 57.2 Å². The second kappa shape index (κ2) is 9.26. The topological polar surface area (TPSA) is 97.0 Å². The molecular formula is C23H31N3O5. The van der Waals surface area contributed by atoms with Gasteiger partial charge >= 0.3 is 0 Å². The first-order valence-electron chi connectivity index (χ1n) is 11.0. The summed E-state index contributed by atoms with van der Waals surface area (Å²) in [6, 6.07) is 7.37. The lowest BCUT2D eigenvalue weighted by molar-refractivity contribution is -0.129. The summed E-state index contributed by atoms with van der Waals surface area (Å²) in [6.45, 7) is 0.972. The summed E-state index contributed by atoms with van der Waals surface area (Å²) in [4.78, 5) is 39.2.